The van der Waals surface area contributed by atoms with Crippen molar-refractivity contribution in [3.8, 4) is 23.7 Å². The summed E-state index contributed by atoms with van der Waals surface area (Å²) in [6, 6.07) is -1.68. The van der Waals surface area contributed by atoms with Crippen molar-refractivity contribution < 1.29 is 38.1 Å². The van der Waals surface area contributed by atoms with Gasteiger partial charge in [-0.1, -0.05) is 143 Å². The molecule has 10 heteroatoms. The second-order valence-corrected chi connectivity index (χ2v) is 29.3. The molecule has 446 valence electrons. The molecule has 0 radical (unpaired) electrons. The fourth-order valence-electron chi connectivity index (χ4n) is 19.2. The quantitative estimate of drug-likeness (QED) is 0.0405. The zero-order chi connectivity index (χ0) is 57.6. The van der Waals surface area contributed by atoms with Crippen LogP contribution in [-0.4, -0.2) is 61.6 Å². The van der Waals surface area contributed by atoms with E-state index in [-0.39, 0.29) is 49.1 Å². The van der Waals surface area contributed by atoms with Crippen molar-refractivity contribution in [3.05, 3.63) is 23.3 Å². The minimum absolute atomic E-state index is 0.0410. The van der Waals surface area contributed by atoms with Gasteiger partial charge in [0.25, 0.3) is 0 Å². The van der Waals surface area contributed by atoms with Gasteiger partial charge < -0.3 is 29.6 Å². The van der Waals surface area contributed by atoms with E-state index in [1.165, 1.54) is 101 Å². The molecule has 8 aliphatic carbocycles. The molecular weight excluding hydrogens is 997 g/mol. The molecule has 0 bridgehead atoms. The van der Waals surface area contributed by atoms with Gasteiger partial charge in [0, 0.05) is 25.7 Å². The summed E-state index contributed by atoms with van der Waals surface area (Å²) in [6.45, 7) is 28.1. The van der Waals surface area contributed by atoms with E-state index < -0.39 is 36.2 Å². The van der Waals surface area contributed by atoms with Gasteiger partial charge in [-0.3, -0.25) is 0 Å². The van der Waals surface area contributed by atoms with Crippen LogP contribution in [0.5, 0.6) is 0 Å². The number of ether oxygens (including phenoxy) is 4. The Kier molecular flexibility index (Phi) is 20.8. The van der Waals surface area contributed by atoms with Crippen LogP contribution in [0.15, 0.2) is 23.3 Å². The van der Waals surface area contributed by atoms with Gasteiger partial charge in [-0.2, -0.15) is 0 Å². The fraction of sp³-hybridized carbons (Fsp3) is 0.829. The van der Waals surface area contributed by atoms with Crippen molar-refractivity contribution in [1.82, 2.24) is 10.6 Å². The van der Waals surface area contributed by atoms with Gasteiger partial charge in [-0.15, -0.1) is 0 Å². The largest absolute Gasteiger partial charge is 0.461 e. The van der Waals surface area contributed by atoms with Crippen molar-refractivity contribution in [2.24, 2.45) is 92.7 Å². The van der Waals surface area contributed by atoms with Crippen molar-refractivity contribution >= 4 is 24.1 Å². The highest BCUT2D eigenvalue weighted by Crippen LogP contribution is 2.69. The third kappa shape index (κ3) is 13.8. The number of nitrogens with one attached hydrogen (secondary N) is 2. The van der Waals surface area contributed by atoms with Crippen LogP contribution in [0.2, 0.25) is 0 Å². The summed E-state index contributed by atoms with van der Waals surface area (Å²) in [5, 5.41) is 5.25. The highest BCUT2D eigenvalue weighted by atomic mass is 16.6. The first-order valence-electron chi connectivity index (χ1n) is 32.7. The first-order valence-corrected chi connectivity index (χ1v) is 32.7. The van der Waals surface area contributed by atoms with E-state index in [1.807, 2.05) is 0 Å². The summed E-state index contributed by atoms with van der Waals surface area (Å²) >= 11 is 0. The maximum absolute atomic E-state index is 13.2. The Labute approximate surface area is 485 Å². The summed E-state index contributed by atoms with van der Waals surface area (Å²) in [4.78, 5) is 51.6. The number of fused-ring (bicyclic) bond motifs is 10. The normalized spacial score (nSPS) is 36.3. The molecule has 0 aromatic carbocycles. The molecule has 8 aliphatic rings. The van der Waals surface area contributed by atoms with Crippen LogP contribution in [0.1, 0.15) is 237 Å². The Hall–Kier alpha value is -3.92. The molecular formula is C70H108N2O8. The minimum atomic E-state index is -0.841. The molecule has 80 heavy (non-hydrogen) atoms. The number of hydrogen-bond acceptors (Lipinski definition) is 8. The molecule has 0 unspecified atom stereocenters. The van der Waals surface area contributed by atoms with Crippen LogP contribution in [0.25, 0.3) is 0 Å². The minimum Gasteiger partial charge on any atom is -0.461 e. The van der Waals surface area contributed by atoms with E-state index in [0.29, 0.717) is 22.7 Å². The summed E-state index contributed by atoms with van der Waals surface area (Å²) in [7, 11) is 0. The molecule has 2 amide bonds. The molecule has 0 aromatic rings. The lowest BCUT2D eigenvalue weighted by Gasteiger charge is -2.58. The number of amides is 2. The molecule has 6 fully saturated rings. The van der Waals surface area contributed by atoms with Crippen LogP contribution in [0.4, 0.5) is 9.59 Å². The van der Waals surface area contributed by atoms with Gasteiger partial charge in [-0.05, 0) is 208 Å². The number of hydrogen-bond donors (Lipinski definition) is 2. The summed E-state index contributed by atoms with van der Waals surface area (Å²) < 4.78 is 22.6. The average molecular weight is 1110 g/mol. The van der Waals surface area contributed by atoms with E-state index in [1.54, 1.807) is 13.8 Å². The van der Waals surface area contributed by atoms with E-state index in [0.717, 1.165) is 111 Å². The van der Waals surface area contributed by atoms with E-state index >= 15 is 0 Å². The van der Waals surface area contributed by atoms with Crippen LogP contribution < -0.4 is 10.6 Å². The third-order valence-corrected chi connectivity index (χ3v) is 23.6. The SMILES string of the molecule is CC(C)CCC[C@@H](C)[C@H]1CC[C@H]2[C@@H]3CC=C4C[C@@H](OC(=O)[C@H](C)NC(=O)OCCC#CC#CCCOC(=O)N[C@@H](C)C(=O)O[C@H]5CC[C@@]6(C)C(=CC[C@H]7[C@@H]8CC[C@H]([C@H](C)CCCC(C)C)[C@@]8(C)CC[C@@H]76)C5)CC[C@]4(C)[C@H]3CC[C@]12C. The fourth-order valence-corrected chi connectivity index (χ4v) is 19.2. The van der Waals surface area contributed by atoms with Gasteiger partial charge in [0.05, 0.1) is 0 Å². The van der Waals surface area contributed by atoms with Gasteiger partial charge in [0.1, 0.15) is 37.5 Å². The number of allylic oxidation sites excluding steroid dienone is 2. The average Bonchev–Trinajstić information content (AvgIpc) is 4.03. The monoisotopic (exact) mass is 1100 g/mol. The smallest absolute Gasteiger partial charge is 0.407 e. The van der Waals surface area contributed by atoms with Crippen LogP contribution in [0.3, 0.4) is 0 Å². The van der Waals surface area contributed by atoms with Crippen LogP contribution in [-0.2, 0) is 28.5 Å². The van der Waals surface area contributed by atoms with Crippen molar-refractivity contribution in [2.75, 3.05) is 13.2 Å². The molecule has 0 heterocycles. The lowest BCUT2D eigenvalue weighted by atomic mass is 9.47. The number of alkyl carbamates (subject to hydrolysis) is 2. The van der Waals surface area contributed by atoms with Crippen LogP contribution in [0, 0.1) is 116 Å². The molecule has 0 aromatic heterocycles. The standard InChI is InChI=1S/C70H108N2O8/c1-45(2)21-19-23-47(5)57-29-31-59-55-27-25-51-43-53(33-37-67(51,9)61(55)35-39-69(57,59)11)79-63(73)49(7)71-65(75)77-41-17-15-13-14-16-18-42-78-66(76)72-50(8)64(74)80-54-34-38-68(10)52(44-54)26-28-56-60-32-30-58(48(6)24-20-22-46(3)4)70(60,12)40-36-62(56)68/h25-26,45-50,53-62H,17-24,27-44H2,1-12H3,(H,71,75)(H,72,76)/t47-,48-,49+,50+,53+,54+,55+,56+,57-,58-,59+,60+,61+,62+,67+,68+,69-,70-/m1/s1. The van der Waals surface area contributed by atoms with E-state index in [2.05, 4.69) is 116 Å². The third-order valence-electron chi connectivity index (χ3n) is 23.6. The number of rotatable bonds is 20. The van der Waals surface area contributed by atoms with E-state index in [9.17, 15) is 19.2 Å². The first-order chi connectivity index (χ1) is 38.1. The van der Waals surface area contributed by atoms with Crippen LogP contribution >= 0.6 is 0 Å². The predicted octanol–water partition coefficient (Wildman–Crippen LogP) is 15.9. The highest BCUT2D eigenvalue weighted by molar-refractivity contribution is 5.81. The molecule has 0 spiro atoms. The van der Waals surface area contributed by atoms with Crippen molar-refractivity contribution in [2.45, 2.75) is 261 Å². The molecule has 6 saturated carbocycles. The molecule has 2 N–H and O–H groups in total. The maximum Gasteiger partial charge on any atom is 0.407 e. The second-order valence-electron chi connectivity index (χ2n) is 29.3. The zero-order valence-electron chi connectivity index (χ0n) is 52.0. The van der Waals surface area contributed by atoms with Gasteiger partial charge >= 0.3 is 24.1 Å². The summed E-state index contributed by atoms with van der Waals surface area (Å²) in [6.07, 6.45) is 30.5. The van der Waals surface area contributed by atoms with E-state index in [4.69, 9.17) is 18.9 Å². The van der Waals surface area contributed by atoms with Gasteiger partial charge in [0.15, 0.2) is 0 Å². The second kappa shape index (κ2) is 26.8. The molecule has 0 aliphatic heterocycles. The Balaban J connectivity index is 0.673. The molecule has 18 atom stereocenters. The van der Waals surface area contributed by atoms with Gasteiger partial charge in [-0.25, -0.2) is 19.2 Å². The Bertz CT molecular complexity index is 2210. The highest BCUT2D eigenvalue weighted by Gasteiger charge is 2.61. The number of esters is 2. The zero-order valence-corrected chi connectivity index (χ0v) is 52.0. The summed E-state index contributed by atoms with van der Waals surface area (Å²) in [5.41, 5.74) is 4.21. The van der Waals surface area contributed by atoms with Crippen molar-refractivity contribution in [1.29, 1.82) is 0 Å². The summed E-state index contributed by atoms with van der Waals surface area (Å²) in [5.74, 6) is 19.7. The van der Waals surface area contributed by atoms with Gasteiger partial charge in [0.2, 0.25) is 0 Å². The van der Waals surface area contributed by atoms with Crippen molar-refractivity contribution in [3.63, 3.8) is 0 Å². The molecule has 0 saturated heterocycles. The lowest BCUT2D eigenvalue weighted by Crippen LogP contribution is -2.51. The number of carbonyl (C=O) groups excluding carboxylic acids is 4. The molecule has 10 nitrogen and oxygen atoms in total. The number of carbonyl (C=O) groups is 4. The Morgan fingerprint density at radius 1 is 0.525 bits per heavy atom. The Morgan fingerprint density at radius 3 is 1.31 bits per heavy atom. The molecule has 8 rings (SSSR count). The predicted molar refractivity (Wildman–Crippen MR) is 319 cm³/mol. The topological polar surface area (TPSA) is 129 Å². The maximum atomic E-state index is 13.2. The first kappa shape index (κ1) is 62.1. The lowest BCUT2D eigenvalue weighted by molar-refractivity contribution is -0.154. The Morgan fingerprint density at radius 2 is 0.925 bits per heavy atom.